The fraction of sp³-hybridized carbons (Fsp3) is 0.889. The molecule has 1 aliphatic heterocycles. The summed E-state index contributed by atoms with van der Waals surface area (Å²) in [5.41, 5.74) is 0. The van der Waals surface area contributed by atoms with Gasteiger partial charge in [-0.2, -0.15) is 0 Å². The van der Waals surface area contributed by atoms with E-state index in [1.807, 2.05) is 11.8 Å². The maximum atomic E-state index is 2.55. The lowest BCUT2D eigenvalue weighted by Crippen LogP contribution is -2.25. The van der Waals surface area contributed by atoms with Crippen molar-refractivity contribution in [2.75, 3.05) is 19.3 Å². The standard InChI is InChI=1S/C9H18NS/c1-3-9(11-2)10-7-5-4-6-8-10/h3-8H2,1-2H3/q+1. The molecule has 0 aromatic rings. The Hall–Kier alpha value is 0.0200. The van der Waals surface area contributed by atoms with Gasteiger partial charge >= 0.3 is 0 Å². The van der Waals surface area contributed by atoms with E-state index >= 15 is 0 Å². The third-order valence-electron chi connectivity index (χ3n) is 2.25. The van der Waals surface area contributed by atoms with Crippen LogP contribution in [0.2, 0.25) is 0 Å². The fourth-order valence-electron chi connectivity index (χ4n) is 1.64. The summed E-state index contributed by atoms with van der Waals surface area (Å²) in [6.45, 7) is 4.84. The Balaban J connectivity index is 2.57. The summed E-state index contributed by atoms with van der Waals surface area (Å²) in [6.07, 6.45) is 7.62. The molecule has 0 N–H and O–H groups in total. The Labute approximate surface area is 73.9 Å². The van der Waals surface area contributed by atoms with Crippen LogP contribution in [0.4, 0.5) is 0 Å². The second-order valence-electron chi connectivity index (χ2n) is 3.00. The van der Waals surface area contributed by atoms with Crippen molar-refractivity contribution in [3.8, 4) is 0 Å². The van der Waals surface area contributed by atoms with Crippen molar-refractivity contribution in [3.05, 3.63) is 0 Å². The van der Waals surface area contributed by atoms with Gasteiger partial charge in [-0.05, 0) is 12.7 Å². The van der Waals surface area contributed by atoms with Gasteiger partial charge in [-0.1, -0.05) is 18.7 Å². The molecular weight excluding hydrogens is 154 g/mol. The van der Waals surface area contributed by atoms with Crippen molar-refractivity contribution < 1.29 is 4.58 Å². The largest absolute Gasteiger partial charge is 0.228 e. The van der Waals surface area contributed by atoms with Gasteiger partial charge in [0.15, 0.2) is 0 Å². The van der Waals surface area contributed by atoms with Crippen molar-refractivity contribution in [3.63, 3.8) is 0 Å². The van der Waals surface area contributed by atoms with Gasteiger partial charge in [-0.15, -0.1) is 0 Å². The van der Waals surface area contributed by atoms with Crippen molar-refractivity contribution >= 4 is 16.8 Å². The zero-order valence-corrected chi connectivity index (χ0v) is 8.41. The number of piperidine rings is 1. The first-order valence-electron chi connectivity index (χ1n) is 4.53. The lowest BCUT2D eigenvalue weighted by atomic mass is 10.2. The van der Waals surface area contributed by atoms with E-state index in [0.29, 0.717) is 0 Å². The molecule has 1 rings (SSSR count). The number of hydrogen-bond donors (Lipinski definition) is 0. The zero-order valence-electron chi connectivity index (χ0n) is 7.60. The molecule has 0 aromatic heterocycles. The minimum atomic E-state index is 1.21. The third-order valence-corrected chi connectivity index (χ3v) is 3.26. The monoisotopic (exact) mass is 172 g/mol. The fourth-order valence-corrected chi connectivity index (χ4v) is 2.37. The van der Waals surface area contributed by atoms with Crippen LogP contribution >= 0.6 is 11.8 Å². The van der Waals surface area contributed by atoms with E-state index in [4.69, 9.17) is 0 Å². The topological polar surface area (TPSA) is 3.01 Å². The highest BCUT2D eigenvalue weighted by Crippen LogP contribution is 2.09. The van der Waals surface area contributed by atoms with Crippen LogP contribution in [0.25, 0.3) is 0 Å². The highest BCUT2D eigenvalue weighted by molar-refractivity contribution is 8.13. The molecule has 1 nitrogen and oxygen atoms in total. The number of thioether (sulfide) groups is 1. The predicted molar refractivity (Wildman–Crippen MR) is 52.7 cm³/mol. The summed E-state index contributed by atoms with van der Waals surface area (Å²) in [6, 6.07) is 0. The average Bonchev–Trinajstić information content (AvgIpc) is 2.09. The summed E-state index contributed by atoms with van der Waals surface area (Å²) >= 11 is 1.92. The second kappa shape index (κ2) is 4.81. The molecule has 1 fully saturated rings. The first kappa shape index (κ1) is 9.11. The van der Waals surface area contributed by atoms with E-state index in [1.54, 1.807) is 5.04 Å². The smallest absolute Gasteiger partial charge is 0.209 e. The molecule has 0 bridgehead atoms. The maximum Gasteiger partial charge on any atom is 0.209 e. The van der Waals surface area contributed by atoms with Gasteiger partial charge in [-0.25, -0.2) is 4.58 Å². The van der Waals surface area contributed by atoms with E-state index in [9.17, 15) is 0 Å². The van der Waals surface area contributed by atoms with Crippen LogP contribution in [0.1, 0.15) is 32.6 Å². The summed E-state index contributed by atoms with van der Waals surface area (Å²) in [4.78, 5) is 0. The van der Waals surface area contributed by atoms with Crippen LogP contribution in [0.15, 0.2) is 0 Å². The number of rotatable bonds is 1. The molecular formula is C9H18NS+. The molecule has 0 aromatic carbocycles. The van der Waals surface area contributed by atoms with Gasteiger partial charge < -0.3 is 0 Å². The molecule has 64 valence electrons. The minimum absolute atomic E-state index is 1.21. The number of hydrogen-bond acceptors (Lipinski definition) is 1. The highest BCUT2D eigenvalue weighted by atomic mass is 32.2. The Bertz CT molecular complexity index is 138. The van der Waals surface area contributed by atoms with Gasteiger partial charge in [0.05, 0.1) is 0 Å². The maximum absolute atomic E-state index is 2.55. The van der Waals surface area contributed by atoms with Gasteiger partial charge in [-0.3, -0.25) is 0 Å². The molecule has 0 unspecified atom stereocenters. The first-order valence-corrected chi connectivity index (χ1v) is 5.75. The SMILES string of the molecule is CCC(SC)=[N+]1CCCCC1. The van der Waals surface area contributed by atoms with Crippen molar-refractivity contribution in [1.29, 1.82) is 0 Å². The molecule has 0 amide bonds. The molecule has 0 aliphatic carbocycles. The van der Waals surface area contributed by atoms with Crippen molar-refractivity contribution in [2.24, 2.45) is 0 Å². The predicted octanol–water partition coefficient (Wildman–Crippen LogP) is 2.35. The molecule has 1 saturated heterocycles. The Morgan fingerprint density at radius 1 is 1.27 bits per heavy atom. The van der Waals surface area contributed by atoms with E-state index in [1.165, 1.54) is 38.8 Å². The van der Waals surface area contributed by atoms with E-state index in [-0.39, 0.29) is 0 Å². The molecule has 0 spiro atoms. The van der Waals surface area contributed by atoms with Crippen LogP contribution in [0.5, 0.6) is 0 Å². The van der Waals surface area contributed by atoms with Crippen LogP contribution in [-0.2, 0) is 0 Å². The van der Waals surface area contributed by atoms with Gasteiger partial charge in [0.25, 0.3) is 0 Å². The molecule has 11 heavy (non-hydrogen) atoms. The lowest BCUT2D eigenvalue weighted by Gasteiger charge is -2.12. The first-order chi connectivity index (χ1) is 5.38. The van der Waals surface area contributed by atoms with Crippen LogP contribution < -0.4 is 0 Å². The molecule has 0 saturated carbocycles. The summed E-state index contributed by atoms with van der Waals surface area (Å²) in [5.74, 6) is 0. The van der Waals surface area contributed by atoms with E-state index in [0.717, 1.165) is 0 Å². The van der Waals surface area contributed by atoms with Gasteiger partial charge in [0.1, 0.15) is 13.1 Å². The quantitative estimate of drug-likeness (QED) is 0.433. The zero-order chi connectivity index (χ0) is 8.10. The highest BCUT2D eigenvalue weighted by Gasteiger charge is 2.15. The lowest BCUT2D eigenvalue weighted by molar-refractivity contribution is -0.535. The average molecular weight is 172 g/mol. The van der Waals surface area contributed by atoms with Crippen LogP contribution in [0.3, 0.4) is 0 Å². The Morgan fingerprint density at radius 2 is 1.91 bits per heavy atom. The molecule has 0 radical (unpaired) electrons. The van der Waals surface area contributed by atoms with E-state index < -0.39 is 0 Å². The summed E-state index contributed by atoms with van der Waals surface area (Å²) in [5, 5.41) is 1.57. The summed E-state index contributed by atoms with van der Waals surface area (Å²) in [7, 11) is 0. The van der Waals surface area contributed by atoms with Gasteiger partial charge in [0, 0.05) is 19.3 Å². The third kappa shape index (κ3) is 2.51. The summed E-state index contributed by atoms with van der Waals surface area (Å²) < 4.78 is 2.55. The number of nitrogens with zero attached hydrogens (tertiary/aromatic N) is 1. The molecule has 2 heteroatoms. The molecule has 1 heterocycles. The molecule has 0 atom stereocenters. The molecule has 1 aliphatic rings. The van der Waals surface area contributed by atoms with Crippen molar-refractivity contribution in [2.45, 2.75) is 32.6 Å². The minimum Gasteiger partial charge on any atom is -0.228 e. The van der Waals surface area contributed by atoms with Crippen LogP contribution in [0, 0.1) is 0 Å². The van der Waals surface area contributed by atoms with Crippen LogP contribution in [-0.4, -0.2) is 29.0 Å². The van der Waals surface area contributed by atoms with Gasteiger partial charge in [0.2, 0.25) is 5.04 Å². The van der Waals surface area contributed by atoms with Crippen molar-refractivity contribution in [1.82, 2.24) is 0 Å². The van der Waals surface area contributed by atoms with E-state index in [2.05, 4.69) is 17.8 Å². The normalized spacial score (nSPS) is 18.5. The Kier molecular flexibility index (Phi) is 3.98. The Morgan fingerprint density at radius 3 is 2.36 bits per heavy atom. The second-order valence-corrected chi connectivity index (χ2v) is 3.88.